The maximum absolute atomic E-state index is 12.3. The summed E-state index contributed by atoms with van der Waals surface area (Å²) in [5, 5.41) is 2.73. The molecule has 0 aliphatic heterocycles. The Labute approximate surface area is 137 Å². The summed E-state index contributed by atoms with van der Waals surface area (Å²) in [4.78, 5) is 24.3. The van der Waals surface area contributed by atoms with Crippen LogP contribution in [-0.4, -0.2) is 48.0 Å². The zero-order chi connectivity index (χ0) is 16.8. The van der Waals surface area contributed by atoms with Gasteiger partial charge in [0, 0.05) is 38.7 Å². The molecule has 0 bridgehead atoms. The van der Waals surface area contributed by atoms with Gasteiger partial charge in [0.2, 0.25) is 11.9 Å². The average molecular weight is 313 g/mol. The summed E-state index contributed by atoms with van der Waals surface area (Å²) in [6.45, 7) is 2.56. The minimum absolute atomic E-state index is 0.123. The molecule has 0 unspecified atom stereocenters. The van der Waals surface area contributed by atoms with Crippen molar-refractivity contribution in [3.8, 4) is 0 Å². The summed E-state index contributed by atoms with van der Waals surface area (Å²) in [6.07, 6.45) is 3.20. The molecule has 2 rings (SSSR count). The van der Waals surface area contributed by atoms with Gasteiger partial charge in [0.1, 0.15) is 0 Å². The Kier molecular flexibility index (Phi) is 5.65. The Morgan fingerprint density at radius 2 is 1.87 bits per heavy atom. The van der Waals surface area contributed by atoms with Crippen LogP contribution in [-0.2, 0) is 11.3 Å². The number of anilines is 2. The molecule has 2 aromatic rings. The second-order valence-corrected chi connectivity index (χ2v) is 5.72. The van der Waals surface area contributed by atoms with Crippen LogP contribution >= 0.6 is 0 Å². The number of nitrogens with one attached hydrogen (secondary N) is 1. The highest BCUT2D eigenvalue weighted by Crippen LogP contribution is 2.15. The van der Waals surface area contributed by atoms with E-state index in [-0.39, 0.29) is 11.9 Å². The number of hydrogen-bond donors (Lipinski definition) is 1. The molecule has 0 fully saturated rings. The van der Waals surface area contributed by atoms with Gasteiger partial charge in [0.25, 0.3) is 0 Å². The van der Waals surface area contributed by atoms with Crippen LogP contribution in [0.1, 0.15) is 12.5 Å². The number of nitrogens with zero attached hydrogens (tertiary/aromatic N) is 4. The van der Waals surface area contributed by atoms with Gasteiger partial charge in [-0.15, -0.1) is 0 Å². The maximum atomic E-state index is 12.3. The average Bonchev–Trinajstić information content (AvgIpc) is 2.55. The van der Waals surface area contributed by atoms with Gasteiger partial charge in [0.05, 0.1) is 6.04 Å². The summed E-state index contributed by atoms with van der Waals surface area (Å²) in [5.74, 6) is 0.204. The molecule has 0 spiro atoms. The number of likely N-dealkylation sites (N-methyl/N-ethyl adjacent to an activating group) is 1. The number of rotatable bonds is 6. The number of hydrogen-bond acceptors (Lipinski definition) is 5. The molecule has 6 nitrogen and oxygen atoms in total. The van der Waals surface area contributed by atoms with Gasteiger partial charge < -0.3 is 4.90 Å². The minimum atomic E-state index is -0.290. The molecular weight excluding hydrogens is 290 g/mol. The lowest BCUT2D eigenvalue weighted by Gasteiger charge is -2.24. The Morgan fingerprint density at radius 3 is 2.52 bits per heavy atom. The maximum Gasteiger partial charge on any atom is 0.243 e. The number of carbonyl (C=O) groups is 1. The largest absolute Gasteiger partial charge is 0.378 e. The van der Waals surface area contributed by atoms with Gasteiger partial charge in [-0.2, -0.15) is 0 Å². The van der Waals surface area contributed by atoms with E-state index in [2.05, 4.69) is 38.4 Å². The van der Waals surface area contributed by atoms with E-state index in [9.17, 15) is 4.79 Å². The van der Waals surface area contributed by atoms with Crippen molar-refractivity contribution in [1.29, 1.82) is 0 Å². The van der Waals surface area contributed by atoms with E-state index in [1.165, 1.54) is 0 Å². The first kappa shape index (κ1) is 16.9. The number of aromatic nitrogens is 2. The van der Waals surface area contributed by atoms with Crippen LogP contribution in [0, 0.1) is 0 Å². The zero-order valence-corrected chi connectivity index (χ0v) is 14.0. The molecule has 1 aromatic heterocycles. The van der Waals surface area contributed by atoms with Crippen LogP contribution in [0.2, 0.25) is 0 Å². The third-order valence-electron chi connectivity index (χ3n) is 3.70. The number of carbonyl (C=O) groups excluding carboxylic acids is 1. The van der Waals surface area contributed by atoms with Crippen LogP contribution in [0.15, 0.2) is 42.7 Å². The molecule has 0 radical (unpaired) electrons. The quantitative estimate of drug-likeness (QED) is 0.884. The Bertz CT molecular complexity index is 644. The highest BCUT2D eigenvalue weighted by molar-refractivity contribution is 5.92. The Morgan fingerprint density at radius 1 is 1.17 bits per heavy atom. The molecule has 1 amide bonds. The summed E-state index contributed by atoms with van der Waals surface area (Å²) < 4.78 is 0. The highest BCUT2D eigenvalue weighted by Gasteiger charge is 2.19. The molecule has 0 saturated heterocycles. The van der Waals surface area contributed by atoms with Gasteiger partial charge in [-0.25, -0.2) is 9.97 Å². The normalized spacial score (nSPS) is 12.0. The van der Waals surface area contributed by atoms with Gasteiger partial charge in [0.15, 0.2) is 0 Å². The van der Waals surface area contributed by atoms with Gasteiger partial charge in [-0.3, -0.25) is 15.0 Å². The number of benzene rings is 1. The predicted molar refractivity (Wildman–Crippen MR) is 92.4 cm³/mol. The van der Waals surface area contributed by atoms with Crippen molar-refractivity contribution in [2.45, 2.75) is 19.5 Å². The van der Waals surface area contributed by atoms with E-state index in [1.807, 2.05) is 39.0 Å². The molecular formula is C17H23N5O. The molecule has 1 N–H and O–H groups in total. The lowest BCUT2D eigenvalue weighted by atomic mass is 10.1. The SMILES string of the molecule is C[C@@H](C(=O)Nc1ncccn1)N(C)Cc1cccc(N(C)C)c1. The van der Waals surface area contributed by atoms with Crippen LogP contribution in [0.3, 0.4) is 0 Å². The van der Waals surface area contributed by atoms with E-state index in [1.54, 1.807) is 18.5 Å². The molecule has 0 aliphatic rings. The fourth-order valence-corrected chi connectivity index (χ4v) is 2.14. The van der Waals surface area contributed by atoms with E-state index in [0.29, 0.717) is 12.5 Å². The molecule has 1 heterocycles. The van der Waals surface area contributed by atoms with E-state index in [4.69, 9.17) is 0 Å². The molecule has 0 aliphatic carbocycles. The lowest BCUT2D eigenvalue weighted by molar-refractivity contribution is -0.120. The van der Waals surface area contributed by atoms with E-state index < -0.39 is 0 Å². The van der Waals surface area contributed by atoms with Crippen molar-refractivity contribution < 1.29 is 4.79 Å². The Hall–Kier alpha value is -2.47. The molecule has 6 heteroatoms. The van der Waals surface area contributed by atoms with E-state index >= 15 is 0 Å². The summed E-state index contributed by atoms with van der Waals surface area (Å²) in [7, 11) is 5.95. The summed E-state index contributed by atoms with van der Waals surface area (Å²) >= 11 is 0. The molecule has 1 atom stereocenters. The highest BCUT2D eigenvalue weighted by atomic mass is 16.2. The zero-order valence-electron chi connectivity index (χ0n) is 14.0. The van der Waals surface area contributed by atoms with Crippen LogP contribution < -0.4 is 10.2 Å². The van der Waals surface area contributed by atoms with Gasteiger partial charge >= 0.3 is 0 Å². The standard InChI is InChI=1S/C17H23N5O/c1-13(16(23)20-17-18-9-6-10-19-17)22(4)12-14-7-5-8-15(11-14)21(2)3/h5-11,13H,12H2,1-4H3,(H,18,19,20,23)/t13-/m0/s1. The summed E-state index contributed by atoms with van der Waals surface area (Å²) in [6, 6.07) is 9.70. The second-order valence-electron chi connectivity index (χ2n) is 5.72. The van der Waals surface area contributed by atoms with E-state index in [0.717, 1.165) is 11.3 Å². The fourth-order valence-electron chi connectivity index (χ4n) is 2.14. The molecule has 23 heavy (non-hydrogen) atoms. The molecule has 1 aromatic carbocycles. The van der Waals surface area contributed by atoms with Crippen molar-refractivity contribution in [2.24, 2.45) is 0 Å². The third-order valence-corrected chi connectivity index (χ3v) is 3.70. The van der Waals surface area contributed by atoms with Crippen LogP contribution in [0.25, 0.3) is 0 Å². The topological polar surface area (TPSA) is 61.4 Å². The van der Waals surface area contributed by atoms with Crippen molar-refractivity contribution in [2.75, 3.05) is 31.4 Å². The van der Waals surface area contributed by atoms with Gasteiger partial charge in [-0.1, -0.05) is 12.1 Å². The Balaban J connectivity index is 1.98. The van der Waals surface area contributed by atoms with Gasteiger partial charge in [-0.05, 0) is 37.7 Å². The van der Waals surface area contributed by atoms with Crippen LogP contribution in [0.4, 0.5) is 11.6 Å². The first-order valence-electron chi connectivity index (χ1n) is 7.52. The number of amides is 1. The second kappa shape index (κ2) is 7.69. The van der Waals surface area contributed by atoms with Crippen molar-refractivity contribution in [3.05, 3.63) is 48.3 Å². The van der Waals surface area contributed by atoms with Crippen LogP contribution in [0.5, 0.6) is 0 Å². The smallest absolute Gasteiger partial charge is 0.243 e. The first-order valence-corrected chi connectivity index (χ1v) is 7.52. The third kappa shape index (κ3) is 4.75. The minimum Gasteiger partial charge on any atom is -0.378 e. The summed E-state index contributed by atoms with van der Waals surface area (Å²) in [5.41, 5.74) is 2.31. The molecule has 0 saturated carbocycles. The van der Waals surface area contributed by atoms with Crippen molar-refractivity contribution in [1.82, 2.24) is 14.9 Å². The first-order chi connectivity index (χ1) is 11.0. The predicted octanol–water partition coefficient (Wildman–Crippen LogP) is 2.00. The molecule has 122 valence electrons. The monoisotopic (exact) mass is 313 g/mol. The fraction of sp³-hybridized carbons (Fsp3) is 0.353. The van der Waals surface area contributed by atoms with Crippen molar-refractivity contribution in [3.63, 3.8) is 0 Å². The van der Waals surface area contributed by atoms with Crippen molar-refractivity contribution >= 4 is 17.5 Å². The lowest BCUT2D eigenvalue weighted by Crippen LogP contribution is -2.39.